The third kappa shape index (κ3) is 4.08. The number of nitrogens with zero attached hydrogens (tertiary/aromatic N) is 2. The van der Waals surface area contributed by atoms with Crippen molar-refractivity contribution in [3.05, 3.63) is 46.5 Å². The third-order valence-electron chi connectivity index (χ3n) is 2.99. The molecule has 2 heterocycles. The molecule has 2 aromatic rings. The second-order valence-electron chi connectivity index (χ2n) is 4.75. The molecule has 1 N–H and O–H groups in total. The average molecular weight is 338 g/mol. The van der Waals surface area contributed by atoms with E-state index in [0.717, 1.165) is 35.6 Å². The molecule has 0 unspecified atom stereocenters. The molecule has 5 heteroatoms. The molecule has 0 bridgehead atoms. The minimum Gasteiger partial charge on any atom is -0.467 e. The standard InChI is InChI=1S/C15H20BrN3O/c1-3-6-17-9-12-8-13(16)10-18-15(12)19(2)11-14-5-4-7-20-14/h4-5,7-8,10,17H,3,6,9,11H2,1-2H3. The van der Waals surface area contributed by atoms with E-state index >= 15 is 0 Å². The van der Waals surface area contributed by atoms with Gasteiger partial charge < -0.3 is 14.6 Å². The number of rotatable bonds is 7. The Labute approximate surface area is 128 Å². The molecule has 0 radical (unpaired) electrons. The van der Waals surface area contributed by atoms with Crippen LogP contribution in [0.4, 0.5) is 5.82 Å². The first-order valence-corrected chi connectivity index (χ1v) is 7.58. The van der Waals surface area contributed by atoms with Gasteiger partial charge in [-0.1, -0.05) is 6.92 Å². The zero-order valence-electron chi connectivity index (χ0n) is 11.9. The van der Waals surface area contributed by atoms with Crippen LogP contribution in [0.1, 0.15) is 24.7 Å². The van der Waals surface area contributed by atoms with E-state index < -0.39 is 0 Å². The number of furan rings is 1. The van der Waals surface area contributed by atoms with E-state index in [1.165, 1.54) is 5.56 Å². The van der Waals surface area contributed by atoms with Crippen LogP contribution in [0.15, 0.2) is 39.5 Å². The molecule has 0 fully saturated rings. The summed E-state index contributed by atoms with van der Waals surface area (Å²) in [5.74, 6) is 1.91. The minimum absolute atomic E-state index is 0.711. The predicted molar refractivity (Wildman–Crippen MR) is 84.7 cm³/mol. The highest BCUT2D eigenvalue weighted by atomic mass is 79.9. The van der Waals surface area contributed by atoms with Crippen molar-refractivity contribution in [3.63, 3.8) is 0 Å². The van der Waals surface area contributed by atoms with Crippen LogP contribution in [0, 0.1) is 0 Å². The molecule has 20 heavy (non-hydrogen) atoms. The van der Waals surface area contributed by atoms with E-state index in [9.17, 15) is 0 Å². The largest absolute Gasteiger partial charge is 0.467 e. The SMILES string of the molecule is CCCNCc1cc(Br)cnc1N(C)Cc1ccco1. The summed E-state index contributed by atoms with van der Waals surface area (Å²) in [5, 5.41) is 3.42. The first kappa shape index (κ1) is 15.1. The zero-order chi connectivity index (χ0) is 14.4. The minimum atomic E-state index is 0.711. The molecule has 0 atom stereocenters. The topological polar surface area (TPSA) is 41.3 Å². The van der Waals surface area contributed by atoms with Gasteiger partial charge in [-0.05, 0) is 47.1 Å². The van der Waals surface area contributed by atoms with Crippen LogP contribution in [-0.4, -0.2) is 18.6 Å². The number of aromatic nitrogens is 1. The molecule has 0 aliphatic rings. The maximum absolute atomic E-state index is 5.39. The Kier molecular flexibility index (Phi) is 5.61. The second-order valence-corrected chi connectivity index (χ2v) is 5.66. The normalized spacial score (nSPS) is 10.8. The van der Waals surface area contributed by atoms with Crippen molar-refractivity contribution in [2.75, 3.05) is 18.5 Å². The van der Waals surface area contributed by atoms with Crippen molar-refractivity contribution < 1.29 is 4.42 Å². The van der Waals surface area contributed by atoms with Gasteiger partial charge in [-0.3, -0.25) is 0 Å². The van der Waals surface area contributed by atoms with Gasteiger partial charge in [0.2, 0.25) is 0 Å². The molecule has 0 amide bonds. The molecule has 108 valence electrons. The highest BCUT2D eigenvalue weighted by Gasteiger charge is 2.11. The molecule has 2 aromatic heterocycles. The van der Waals surface area contributed by atoms with Crippen LogP contribution < -0.4 is 10.2 Å². The Balaban J connectivity index is 2.12. The molecule has 0 saturated heterocycles. The molecule has 0 spiro atoms. The summed E-state index contributed by atoms with van der Waals surface area (Å²) in [5.41, 5.74) is 1.18. The van der Waals surface area contributed by atoms with Crippen LogP contribution in [0.3, 0.4) is 0 Å². The first-order valence-electron chi connectivity index (χ1n) is 6.79. The van der Waals surface area contributed by atoms with Crippen molar-refractivity contribution in [1.29, 1.82) is 0 Å². The summed E-state index contributed by atoms with van der Waals surface area (Å²) in [4.78, 5) is 6.64. The molecule has 4 nitrogen and oxygen atoms in total. The maximum atomic E-state index is 5.39. The fourth-order valence-corrected chi connectivity index (χ4v) is 2.44. The van der Waals surface area contributed by atoms with E-state index in [2.05, 4.69) is 44.1 Å². The molecule has 2 rings (SSSR count). The number of hydrogen-bond donors (Lipinski definition) is 1. The van der Waals surface area contributed by atoms with Gasteiger partial charge in [0.25, 0.3) is 0 Å². The second kappa shape index (κ2) is 7.45. The lowest BCUT2D eigenvalue weighted by molar-refractivity contribution is 0.506. The molecular formula is C15H20BrN3O. The summed E-state index contributed by atoms with van der Waals surface area (Å²) >= 11 is 3.49. The monoisotopic (exact) mass is 337 g/mol. The van der Waals surface area contributed by atoms with Gasteiger partial charge in [-0.15, -0.1) is 0 Å². The quantitative estimate of drug-likeness (QED) is 0.784. The molecule has 0 aliphatic carbocycles. The maximum Gasteiger partial charge on any atom is 0.133 e. The number of hydrogen-bond acceptors (Lipinski definition) is 4. The van der Waals surface area contributed by atoms with E-state index in [1.54, 1.807) is 6.26 Å². The molecular weight excluding hydrogens is 318 g/mol. The van der Waals surface area contributed by atoms with Gasteiger partial charge in [0.05, 0.1) is 12.8 Å². The van der Waals surface area contributed by atoms with Gasteiger partial charge in [0, 0.05) is 29.8 Å². The fourth-order valence-electron chi connectivity index (χ4n) is 2.06. The average Bonchev–Trinajstić information content (AvgIpc) is 2.92. The molecule has 0 aromatic carbocycles. The predicted octanol–water partition coefficient (Wildman–Crippen LogP) is 3.57. The summed E-state index contributed by atoms with van der Waals surface area (Å²) in [6.07, 6.45) is 4.65. The van der Waals surface area contributed by atoms with Crippen LogP contribution in [0.2, 0.25) is 0 Å². The first-order chi connectivity index (χ1) is 9.70. The highest BCUT2D eigenvalue weighted by Crippen LogP contribution is 2.22. The van der Waals surface area contributed by atoms with Gasteiger partial charge in [-0.2, -0.15) is 0 Å². The smallest absolute Gasteiger partial charge is 0.133 e. The van der Waals surface area contributed by atoms with Crippen molar-refractivity contribution in [1.82, 2.24) is 10.3 Å². The van der Waals surface area contributed by atoms with Crippen LogP contribution in [0.25, 0.3) is 0 Å². The third-order valence-corrected chi connectivity index (χ3v) is 3.42. The van der Waals surface area contributed by atoms with Crippen LogP contribution in [0.5, 0.6) is 0 Å². The number of pyridine rings is 1. The molecule has 0 aliphatic heterocycles. The van der Waals surface area contributed by atoms with Crippen molar-refractivity contribution in [2.24, 2.45) is 0 Å². The van der Waals surface area contributed by atoms with Gasteiger partial charge >= 0.3 is 0 Å². The van der Waals surface area contributed by atoms with Crippen LogP contribution in [-0.2, 0) is 13.1 Å². The van der Waals surface area contributed by atoms with Crippen molar-refractivity contribution in [3.8, 4) is 0 Å². The number of anilines is 1. The Morgan fingerprint density at radius 2 is 2.30 bits per heavy atom. The Hall–Kier alpha value is -1.33. The van der Waals surface area contributed by atoms with E-state index in [-0.39, 0.29) is 0 Å². The zero-order valence-corrected chi connectivity index (χ0v) is 13.5. The van der Waals surface area contributed by atoms with E-state index in [1.807, 2.05) is 25.4 Å². The van der Waals surface area contributed by atoms with Gasteiger partial charge in [0.15, 0.2) is 0 Å². The molecule has 0 saturated carbocycles. The Morgan fingerprint density at radius 1 is 1.45 bits per heavy atom. The summed E-state index contributed by atoms with van der Waals surface area (Å²) in [6.45, 7) is 4.70. The lowest BCUT2D eigenvalue weighted by Crippen LogP contribution is -2.22. The summed E-state index contributed by atoms with van der Waals surface area (Å²) in [7, 11) is 2.03. The summed E-state index contributed by atoms with van der Waals surface area (Å²) in [6, 6.07) is 6.00. The highest BCUT2D eigenvalue weighted by molar-refractivity contribution is 9.10. The summed E-state index contributed by atoms with van der Waals surface area (Å²) < 4.78 is 6.39. The van der Waals surface area contributed by atoms with Gasteiger partial charge in [-0.25, -0.2) is 4.98 Å². The number of nitrogens with one attached hydrogen (secondary N) is 1. The lowest BCUT2D eigenvalue weighted by Gasteiger charge is -2.20. The lowest BCUT2D eigenvalue weighted by atomic mass is 10.2. The Bertz CT molecular complexity index is 528. The van der Waals surface area contributed by atoms with E-state index in [4.69, 9.17) is 4.42 Å². The van der Waals surface area contributed by atoms with Gasteiger partial charge in [0.1, 0.15) is 11.6 Å². The van der Waals surface area contributed by atoms with Crippen molar-refractivity contribution in [2.45, 2.75) is 26.4 Å². The van der Waals surface area contributed by atoms with E-state index in [0.29, 0.717) is 6.54 Å². The van der Waals surface area contributed by atoms with Crippen LogP contribution >= 0.6 is 15.9 Å². The fraction of sp³-hybridized carbons (Fsp3) is 0.400. The number of halogens is 1. The van der Waals surface area contributed by atoms with Crippen molar-refractivity contribution >= 4 is 21.7 Å². The Morgan fingerprint density at radius 3 is 3.00 bits per heavy atom.